The van der Waals surface area contributed by atoms with E-state index in [-0.39, 0.29) is 11.8 Å². The predicted molar refractivity (Wildman–Crippen MR) is 87.2 cm³/mol. The zero-order chi connectivity index (χ0) is 15.9. The largest absolute Gasteiger partial charge is 0.341 e. The molecule has 1 aliphatic carbocycles. The minimum absolute atomic E-state index is 0.0883. The van der Waals surface area contributed by atoms with Crippen LogP contribution in [0.3, 0.4) is 0 Å². The summed E-state index contributed by atoms with van der Waals surface area (Å²) in [4.78, 5) is 27.7. The summed E-state index contributed by atoms with van der Waals surface area (Å²) in [5.41, 5.74) is 1.12. The molecule has 0 aliphatic heterocycles. The lowest BCUT2D eigenvalue weighted by Crippen LogP contribution is -2.40. The van der Waals surface area contributed by atoms with Crippen LogP contribution in [0.5, 0.6) is 0 Å². The molecule has 0 heterocycles. The third-order valence-corrected chi connectivity index (χ3v) is 4.42. The van der Waals surface area contributed by atoms with Gasteiger partial charge in [-0.25, -0.2) is 0 Å². The van der Waals surface area contributed by atoms with Crippen LogP contribution in [0.15, 0.2) is 30.3 Å². The summed E-state index contributed by atoms with van der Waals surface area (Å²) in [6.45, 7) is 2.76. The molecule has 2 rings (SSSR count). The Morgan fingerprint density at radius 1 is 1.14 bits per heavy atom. The van der Waals surface area contributed by atoms with E-state index in [0.717, 1.165) is 18.4 Å². The monoisotopic (exact) mass is 302 g/mol. The molecule has 1 aliphatic rings. The third kappa shape index (κ3) is 4.58. The summed E-state index contributed by atoms with van der Waals surface area (Å²) in [6.07, 6.45) is 4.94. The summed E-state index contributed by atoms with van der Waals surface area (Å²) in [7, 11) is 1.82. The molecule has 22 heavy (non-hydrogen) atoms. The second-order valence-electron chi connectivity index (χ2n) is 6.14. The van der Waals surface area contributed by atoms with Gasteiger partial charge in [0.15, 0.2) is 0 Å². The number of hydrogen-bond acceptors (Lipinski definition) is 2. The zero-order valence-corrected chi connectivity index (χ0v) is 13.6. The molecule has 0 atom stereocenters. The number of hydrogen-bond donors (Lipinski definition) is 0. The Morgan fingerprint density at radius 2 is 1.77 bits per heavy atom. The summed E-state index contributed by atoms with van der Waals surface area (Å²) >= 11 is 0. The Kier molecular flexibility index (Phi) is 5.99. The topological polar surface area (TPSA) is 40.6 Å². The molecule has 0 saturated heterocycles. The van der Waals surface area contributed by atoms with Crippen LogP contribution in [0, 0.1) is 0 Å². The Morgan fingerprint density at radius 3 is 2.36 bits per heavy atom. The maximum Gasteiger partial charge on any atom is 0.224 e. The van der Waals surface area contributed by atoms with E-state index in [1.54, 1.807) is 11.8 Å². The standard InChI is InChI=1S/C18H26N2O2/c1-15(21)20(17-10-6-7-11-17)13-12-18(22)19(2)14-16-8-4-3-5-9-16/h3-5,8-9,17H,6-7,10-14H2,1-2H3. The molecule has 0 spiro atoms. The van der Waals surface area contributed by atoms with Gasteiger partial charge < -0.3 is 9.80 Å². The lowest BCUT2D eigenvalue weighted by atomic mass is 10.2. The first-order valence-corrected chi connectivity index (χ1v) is 8.13. The van der Waals surface area contributed by atoms with Crippen LogP contribution in [0.2, 0.25) is 0 Å². The van der Waals surface area contributed by atoms with Crippen LogP contribution < -0.4 is 0 Å². The van der Waals surface area contributed by atoms with E-state index in [4.69, 9.17) is 0 Å². The van der Waals surface area contributed by atoms with Crippen molar-refractivity contribution in [2.24, 2.45) is 0 Å². The molecule has 1 aromatic carbocycles. The van der Waals surface area contributed by atoms with E-state index in [2.05, 4.69) is 0 Å². The van der Waals surface area contributed by atoms with E-state index in [0.29, 0.717) is 25.6 Å². The predicted octanol–water partition coefficient (Wildman–Crippen LogP) is 2.83. The number of rotatable bonds is 6. The summed E-state index contributed by atoms with van der Waals surface area (Å²) < 4.78 is 0. The van der Waals surface area contributed by atoms with Gasteiger partial charge in [0, 0.05) is 39.5 Å². The summed E-state index contributed by atoms with van der Waals surface area (Å²) in [6, 6.07) is 10.3. The van der Waals surface area contributed by atoms with Gasteiger partial charge in [-0.1, -0.05) is 43.2 Å². The highest BCUT2D eigenvalue weighted by Crippen LogP contribution is 2.23. The van der Waals surface area contributed by atoms with Crippen LogP contribution in [0.4, 0.5) is 0 Å². The van der Waals surface area contributed by atoms with Gasteiger partial charge in [-0.05, 0) is 18.4 Å². The van der Waals surface area contributed by atoms with Crippen molar-refractivity contribution in [3.8, 4) is 0 Å². The molecule has 120 valence electrons. The molecule has 1 fully saturated rings. The quantitative estimate of drug-likeness (QED) is 0.811. The van der Waals surface area contributed by atoms with Gasteiger partial charge in [0.05, 0.1) is 0 Å². The summed E-state index contributed by atoms with van der Waals surface area (Å²) in [5.74, 6) is 0.179. The van der Waals surface area contributed by atoms with Crippen LogP contribution >= 0.6 is 0 Å². The number of nitrogens with zero attached hydrogens (tertiary/aromatic N) is 2. The van der Waals surface area contributed by atoms with E-state index in [1.807, 2.05) is 42.3 Å². The Hall–Kier alpha value is -1.84. The van der Waals surface area contributed by atoms with Crippen molar-refractivity contribution in [2.45, 2.75) is 51.6 Å². The number of carbonyl (C=O) groups is 2. The maximum absolute atomic E-state index is 12.3. The van der Waals surface area contributed by atoms with Gasteiger partial charge in [-0.15, -0.1) is 0 Å². The molecule has 0 N–H and O–H groups in total. The third-order valence-electron chi connectivity index (χ3n) is 4.42. The second-order valence-corrected chi connectivity index (χ2v) is 6.14. The van der Waals surface area contributed by atoms with Crippen molar-refractivity contribution in [3.05, 3.63) is 35.9 Å². The first-order valence-electron chi connectivity index (χ1n) is 8.13. The van der Waals surface area contributed by atoms with Gasteiger partial charge >= 0.3 is 0 Å². The normalized spacial score (nSPS) is 14.8. The second kappa shape index (κ2) is 7.97. The fraction of sp³-hybridized carbons (Fsp3) is 0.556. The van der Waals surface area contributed by atoms with Gasteiger partial charge in [0.25, 0.3) is 0 Å². The molecule has 0 unspecified atom stereocenters. The highest BCUT2D eigenvalue weighted by molar-refractivity contribution is 5.78. The molecule has 2 amide bonds. The van der Waals surface area contributed by atoms with Crippen molar-refractivity contribution in [1.29, 1.82) is 0 Å². The van der Waals surface area contributed by atoms with Gasteiger partial charge in [0.1, 0.15) is 0 Å². The molecule has 0 aromatic heterocycles. The molecular formula is C18H26N2O2. The van der Waals surface area contributed by atoms with E-state index in [9.17, 15) is 9.59 Å². The van der Waals surface area contributed by atoms with Crippen LogP contribution in [-0.2, 0) is 16.1 Å². The number of carbonyl (C=O) groups excluding carboxylic acids is 2. The SMILES string of the molecule is CC(=O)N(CCC(=O)N(C)Cc1ccccc1)C1CCCC1. The average Bonchev–Trinajstić information content (AvgIpc) is 3.02. The van der Waals surface area contributed by atoms with Crippen LogP contribution in [0.25, 0.3) is 0 Å². The molecule has 4 heteroatoms. The highest BCUT2D eigenvalue weighted by atomic mass is 16.2. The Bertz CT molecular complexity index is 495. The first kappa shape index (κ1) is 16.5. The van der Waals surface area contributed by atoms with Crippen molar-refractivity contribution in [1.82, 2.24) is 9.80 Å². The van der Waals surface area contributed by atoms with E-state index >= 15 is 0 Å². The lowest BCUT2D eigenvalue weighted by molar-refractivity contribution is -0.134. The fourth-order valence-electron chi connectivity index (χ4n) is 3.17. The molecular weight excluding hydrogens is 276 g/mol. The van der Waals surface area contributed by atoms with Crippen LogP contribution in [0.1, 0.15) is 44.6 Å². The molecule has 0 bridgehead atoms. The highest BCUT2D eigenvalue weighted by Gasteiger charge is 2.25. The minimum Gasteiger partial charge on any atom is -0.341 e. The van der Waals surface area contributed by atoms with Crippen molar-refractivity contribution in [3.63, 3.8) is 0 Å². The van der Waals surface area contributed by atoms with Crippen LogP contribution in [-0.4, -0.2) is 41.2 Å². The Labute approximate surface area is 133 Å². The molecule has 4 nitrogen and oxygen atoms in total. The lowest BCUT2D eigenvalue weighted by Gasteiger charge is -2.28. The van der Waals surface area contributed by atoms with Gasteiger partial charge in [0.2, 0.25) is 11.8 Å². The summed E-state index contributed by atoms with van der Waals surface area (Å²) in [5, 5.41) is 0. The van der Waals surface area contributed by atoms with Gasteiger partial charge in [-0.3, -0.25) is 9.59 Å². The maximum atomic E-state index is 12.3. The van der Waals surface area contributed by atoms with Crippen molar-refractivity contribution < 1.29 is 9.59 Å². The average molecular weight is 302 g/mol. The van der Waals surface area contributed by atoms with Crippen molar-refractivity contribution in [2.75, 3.05) is 13.6 Å². The molecule has 1 saturated carbocycles. The fourth-order valence-corrected chi connectivity index (χ4v) is 3.17. The first-order chi connectivity index (χ1) is 10.6. The minimum atomic E-state index is 0.0883. The van der Waals surface area contributed by atoms with E-state index < -0.39 is 0 Å². The zero-order valence-electron chi connectivity index (χ0n) is 13.6. The molecule has 0 radical (unpaired) electrons. The smallest absolute Gasteiger partial charge is 0.224 e. The number of benzene rings is 1. The number of amides is 2. The van der Waals surface area contributed by atoms with E-state index in [1.165, 1.54) is 12.8 Å². The van der Waals surface area contributed by atoms with Crippen molar-refractivity contribution >= 4 is 11.8 Å². The van der Waals surface area contributed by atoms with Gasteiger partial charge in [-0.2, -0.15) is 0 Å². The Balaban J connectivity index is 1.83. The molecule has 1 aromatic rings.